The van der Waals surface area contributed by atoms with Gasteiger partial charge in [-0.15, -0.1) is 0 Å². The zero-order chi connectivity index (χ0) is 21.9. The van der Waals surface area contributed by atoms with Gasteiger partial charge in [-0.1, -0.05) is 6.07 Å². The van der Waals surface area contributed by atoms with Crippen molar-refractivity contribution in [3.63, 3.8) is 0 Å². The minimum absolute atomic E-state index is 0.215. The Hall–Kier alpha value is -2.61. The largest absolute Gasteiger partial charge is 0.496 e. The van der Waals surface area contributed by atoms with Crippen LogP contribution < -0.4 is 24.8 Å². The van der Waals surface area contributed by atoms with E-state index in [-0.39, 0.29) is 5.82 Å². The van der Waals surface area contributed by atoms with Crippen molar-refractivity contribution in [2.24, 2.45) is 4.99 Å². The number of halogens is 1. The van der Waals surface area contributed by atoms with E-state index in [4.69, 9.17) is 14.2 Å². The molecule has 0 aliphatic carbocycles. The lowest BCUT2D eigenvalue weighted by molar-refractivity contribution is 0.368. The van der Waals surface area contributed by atoms with E-state index in [0.29, 0.717) is 42.7 Å². The number of aliphatic imine (C=N–C) groups is 1. The second kappa shape index (κ2) is 12.2. The zero-order valence-electron chi connectivity index (χ0n) is 18.2. The lowest BCUT2D eigenvalue weighted by atomic mass is 10.1. The highest BCUT2D eigenvalue weighted by molar-refractivity contribution is 7.97. The number of nitrogens with zero attached hydrogens (tertiary/aromatic N) is 1. The molecule has 0 fully saturated rings. The molecule has 0 atom stereocenters. The van der Waals surface area contributed by atoms with E-state index in [1.807, 2.05) is 24.5 Å². The van der Waals surface area contributed by atoms with Crippen molar-refractivity contribution in [3.05, 3.63) is 52.8 Å². The van der Waals surface area contributed by atoms with E-state index < -0.39 is 0 Å². The highest BCUT2D eigenvalue weighted by Crippen LogP contribution is 2.34. The quantitative estimate of drug-likeness (QED) is 0.439. The number of rotatable bonds is 10. The summed E-state index contributed by atoms with van der Waals surface area (Å²) in [5.74, 6) is 3.32. The first kappa shape index (κ1) is 23.7. The topological polar surface area (TPSA) is 64.1 Å². The van der Waals surface area contributed by atoms with Gasteiger partial charge in [0.05, 0.1) is 21.3 Å². The Morgan fingerprint density at radius 1 is 1.00 bits per heavy atom. The van der Waals surface area contributed by atoms with Gasteiger partial charge in [0.25, 0.3) is 0 Å². The molecule has 2 N–H and O–H groups in total. The van der Waals surface area contributed by atoms with Crippen LogP contribution in [0.25, 0.3) is 0 Å². The summed E-state index contributed by atoms with van der Waals surface area (Å²) in [4.78, 5) is 4.27. The van der Waals surface area contributed by atoms with Crippen LogP contribution in [0.2, 0.25) is 0 Å². The van der Waals surface area contributed by atoms with Gasteiger partial charge in [0.1, 0.15) is 23.1 Å². The molecule has 0 aliphatic rings. The monoisotopic (exact) mass is 435 g/mol. The molecule has 164 valence electrons. The highest BCUT2D eigenvalue weighted by atomic mass is 32.2. The molecule has 0 bridgehead atoms. The summed E-state index contributed by atoms with van der Waals surface area (Å²) in [6.07, 6.45) is 2.68. The molecule has 0 saturated carbocycles. The third-order valence-corrected chi connectivity index (χ3v) is 5.22. The van der Waals surface area contributed by atoms with Crippen LogP contribution in [0.3, 0.4) is 0 Å². The number of hydrogen-bond acceptors (Lipinski definition) is 5. The number of nitrogens with one attached hydrogen (secondary N) is 2. The normalized spacial score (nSPS) is 11.2. The molecule has 0 aromatic heterocycles. The maximum Gasteiger partial charge on any atom is 0.191 e. The van der Waals surface area contributed by atoms with E-state index in [1.54, 1.807) is 46.2 Å². The number of hydrogen-bond donors (Lipinski definition) is 2. The van der Waals surface area contributed by atoms with Crippen LogP contribution in [-0.4, -0.2) is 47.1 Å². The molecule has 0 spiro atoms. The first-order valence-corrected chi connectivity index (χ1v) is 10.9. The molecule has 2 rings (SSSR count). The fraction of sp³-hybridized carbons (Fsp3) is 0.409. The summed E-state index contributed by atoms with van der Waals surface area (Å²) in [5, 5.41) is 6.59. The maximum atomic E-state index is 13.5. The minimum Gasteiger partial charge on any atom is -0.496 e. The maximum absolute atomic E-state index is 13.5. The van der Waals surface area contributed by atoms with Crippen molar-refractivity contribution in [1.82, 2.24) is 10.6 Å². The molecule has 0 unspecified atom stereocenters. The number of methoxy groups -OCH3 is 3. The van der Waals surface area contributed by atoms with Gasteiger partial charge in [0.2, 0.25) is 0 Å². The lowest BCUT2D eigenvalue weighted by Crippen LogP contribution is -2.38. The van der Waals surface area contributed by atoms with Crippen LogP contribution in [0.4, 0.5) is 4.39 Å². The second-order valence-corrected chi connectivity index (χ2v) is 7.33. The van der Waals surface area contributed by atoms with E-state index in [9.17, 15) is 4.39 Å². The molecule has 8 heteroatoms. The molecule has 2 aromatic carbocycles. The molecule has 2 aromatic rings. The summed E-state index contributed by atoms with van der Waals surface area (Å²) >= 11 is 1.67. The van der Waals surface area contributed by atoms with Gasteiger partial charge >= 0.3 is 0 Å². The number of benzene rings is 2. The average Bonchev–Trinajstić information content (AvgIpc) is 2.76. The van der Waals surface area contributed by atoms with Crippen LogP contribution in [0.5, 0.6) is 17.2 Å². The molecule has 0 aliphatic heterocycles. The van der Waals surface area contributed by atoms with Crippen molar-refractivity contribution in [2.45, 2.75) is 18.7 Å². The Labute approximate surface area is 182 Å². The van der Waals surface area contributed by atoms with Crippen molar-refractivity contribution in [2.75, 3.05) is 41.2 Å². The summed E-state index contributed by atoms with van der Waals surface area (Å²) in [6, 6.07) is 8.57. The summed E-state index contributed by atoms with van der Waals surface area (Å²) in [5.41, 5.74) is 2.98. The van der Waals surface area contributed by atoms with Crippen LogP contribution >= 0.6 is 11.8 Å². The van der Waals surface area contributed by atoms with Gasteiger partial charge in [-0.05, 0) is 35.9 Å². The summed E-state index contributed by atoms with van der Waals surface area (Å²) < 4.78 is 29.8. The second-order valence-electron chi connectivity index (χ2n) is 6.46. The first-order chi connectivity index (χ1) is 14.6. The zero-order valence-corrected chi connectivity index (χ0v) is 19.0. The fourth-order valence-electron chi connectivity index (χ4n) is 3.09. The van der Waals surface area contributed by atoms with Gasteiger partial charge in [-0.3, -0.25) is 4.99 Å². The van der Waals surface area contributed by atoms with Gasteiger partial charge in [0.15, 0.2) is 5.96 Å². The first-order valence-electron chi connectivity index (χ1n) is 9.55. The number of guanidine groups is 1. The van der Waals surface area contributed by atoms with Crippen molar-refractivity contribution in [3.8, 4) is 17.2 Å². The predicted octanol–water partition coefficient (Wildman–Crippen LogP) is 3.62. The summed E-state index contributed by atoms with van der Waals surface area (Å²) in [7, 11) is 6.58. The molecule has 0 saturated heterocycles. The highest BCUT2D eigenvalue weighted by Gasteiger charge is 2.13. The summed E-state index contributed by atoms with van der Waals surface area (Å²) in [6.45, 7) is 1.19. The Bertz CT molecular complexity index is 837. The standard InChI is InChI=1S/C22H30FN3O3S/c1-24-22(26-13-15-6-7-17(23)10-16(15)14-30-5)25-9-8-19-20(28-3)11-18(27-2)12-21(19)29-4/h6-7,10-12H,8-9,13-14H2,1-5H3,(H2,24,25,26). The van der Waals surface area contributed by atoms with Crippen LogP contribution in [0.15, 0.2) is 35.3 Å². The molecular formula is C22H30FN3O3S. The molecule has 6 nitrogen and oxygen atoms in total. The molecule has 30 heavy (non-hydrogen) atoms. The molecule has 0 amide bonds. The van der Waals surface area contributed by atoms with Gasteiger partial charge in [0, 0.05) is 43.6 Å². The number of thioether (sulfide) groups is 1. The third kappa shape index (κ3) is 6.45. The smallest absolute Gasteiger partial charge is 0.191 e. The van der Waals surface area contributed by atoms with Gasteiger partial charge < -0.3 is 24.8 Å². The molecular weight excluding hydrogens is 405 g/mol. The van der Waals surface area contributed by atoms with Crippen LogP contribution in [-0.2, 0) is 18.7 Å². The average molecular weight is 436 g/mol. The Kier molecular flexibility index (Phi) is 9.60. The third-order valence-electron chi connectivity index (χ3n) is 4.62. The van der Waals surface area contributed by atoms with Gasteiger partial charge in [-0.25, -0.2) is 4.39 Å². The van der Waals surface area contributed by atoms with Crippen molar-refractivity contribution >= 4 is 17.7 Å². The molecule has 0 heterocycles. The van der Waals surface area contributed by atoms with E-state index in [1.165, 1.54) is 6.07 Å². The van der Waals surface area contributed by atoms with Crippen molar-refractivity contribution in [1.29, 1.82) is 0 Å². The van der Waals surface area contributed by atoms with Crippen LogP contribution in [0.1, 0.15) is 16.7 Å². The van der Waals surface area contributed by atoms with E-state index in [2.05, 4.69) is 15.6 Å². The molecule has 0 radical (unpaired) electrons. The van der Waals surface area contributed by atoms with E-state index in [0.717, 1.165) is 22.4 Å². The van der Waals surface area contributed by atoms with E-state index >= 15 is 0 Å². The fourth-order valence-corrected chi connectivity index (χ4v) is 3.67. The minimum atomic E-state index is -0.215. The van der Waals surface area contributed by atoms with Gasteiger partial charge in [-0.2, -0.15) is 11.8 Å². The Morgan fingerprint density at radius 2 is 1.70 bits per heavy atom. The SMILES string of the molecule is CN=C(NCCc1c(OC)cc(OC)cc1OC)NCc1ccc(F)cc1CSC. The van der Waals surface area contributed by atoms with Crippen molar-refractivity contribution < 1.29 is 18.6 Å². The Morgan fingerprint density at radius 3 is 2.27 bits per heavy atom. The Balaban J connectivity index is 1.99. The predicted molar refractivity (Wildman–Crippen MR) is 122 cm³/mol. The van der Waals surface area contributed by atoms with Crippen LogP contribution in [0, 0.1) is 5.82 Å². The lowest BCUT2D eigenvalue weighted by Gasteiger charge is -2.17. The number of ether oxygens (including phenoxy) is 3.